The number of hydrogen-bond acceptors (Lipinski definition) is 18. The summed E-state index contributed by atoms with van der Waals surface area (Å²) in [6.45, 7) is 1.61. The van der Waals surface area contributed by atoms with Gasteiger partial charge in [-0.3, -0.25) is 4.79 Å². The number of unbranched alkanes of at least 4 members (excludes halogenated alkanes) is 27. The van der Waals surface area contributed by atoms with Crippen LogP contribution in [0.4, 0.5) is 0 Å². The van der Waals surface area contributed by atoms with Crippen molar-refractivity contribution < 1.29 is 89.4 Å². The van der Waals surface area contributed by atoms with Crippen LogP contribution in [0, 0.1) is 0 Å². The third-order valence-corrected chi connectivity index (χ3v) is 18.6. The molecule has 3 saturated heterocycles. The fraction of sp³-hybridized carbons (Fsp3) is 0.762. The van der Waals surface area contributed by atoms with Crippen molar-refractivity contribution in [3.8, 4) is 0 Å². The van der Waals surface area contributed by atoms with Crippen LogP contribution in [0.1, 0.15) is 258 Å². The van der Waals surface area contributed by atoms with Gasteiger partial charge in [0.05, 0.1) is 38.6 Å². The van der Waals surface area contributed by atoms with Gasteiger partial charge in [-0.1, -0.05) is 271 Å². The van der Waals surface area contributed by atoms with Crippen molar-refractivity contribution in [1.82, 2.24) is 5.32 Å². The monoisotopic (exact) mass is 1400 g/mol. The summed E-state index contributed by atoms with van der Waals surface area (Å²) in [6, 6.07) is -1.000. The highest BCUT2D eigenvalue weighted by Gasteiger charge is 2.53. The number of amides is 1. The highest BCUT2D eigenvalue weighted by molar-refractivity contribution is 5.76. The van der Waals surface area contributed by atoms with E-state index in [1.165, 1.54) is 128 Å². The molecular formula is C80H137NO18. The van der Waals surface area contributed by atoms with Crippen molar-refractivity contribution in [3.63, 3.8) is 0 Å². The molecule has 3 rings (SSSR count). The molecule has 19 heteroatoms. The van der Waals surface area contributed by atoms with Gasteiger partial charge in [-0.15, -0.1) is 0 Å². The Balaban J connectivity index is 1.39. The number of hydrogen-bond donors (Lipinski definition) is 12. The molecule has 1 amide bonds. The lowest BCUT2D eigenvalue weighted by molar-refractivity contribution is -0.379. The standard InChI is InChI=1S/C80H137NO18/c1-3-5-7-9-11-13-15-17-19-21-23-25-26-27-28-29-30-31-32-33-34-35-36-38-40-42-44-46-48-50-52-54-56-58-68(86)81-63(64(85)57-55-53-51-49-47-45-43-41-39-37-24-22-20-18-16-14-12-10-8-6-4-2)62-94-78-74(92)71(89)76(66(60-83)96-78)99-80-75(93)72(90)77(67(61-84)97-80)98-79-73(91)70(88)69(87)65(59-82)95-79/h5,7,11,13,17,19,23,25,27-28,30-31,33-34,47,49,55,57,63-67,69-80,82-85,87-93H,3-4,6,8-10,12,14-16,18,20-22,24,26,29,32,35-46,48,50-54,56,58-62H2,1-2H3,(H,81,86)/b7-5-,13-11-,19-17-,25-23-,28-27-,31-30-,34-33-,49-47+,57-55+. The molecule has 0 bridgehead atoms. The molecule has 17 atom stereocenters. The second-order valence-electron chi connectivity index (χ2n) is 27.1. The molecule has 570 valence electrons. The fourth-order valence-electron chi connectivity index (χ4n) is 12.4. The Kier molecular flexibility index (Phi) is 54.2. The van der Waals surface area contributed by atoms with Gasteiger partial charge in [0.15, 0.2) is 18.9 Å². The predicted octanol–water partition coefficient (Wildman–Crippen LogP) is 12.2. The van der Waals surface area contributed by atoms with Crippen LogP contribution in [0.15, 0.2) is 109 Å². The topological polar surface area (TPSA) is 307 Å². The first-order chi connectivity index (χ1) is 48.3. The average Bonchev–Trinajstić information content (AvgIpc) is 0.761. The molecule has 3 heterocycles. The molecule has 17 unspecified atom stereocenters. The van der Waals surface area contributed by atoms with Crippen LogP contribution in [0.5, 0.6) is 0 Å². The van der Waals surface area contributed by atoms with Crippen molar-refractivity contribution in [2.24, 2.45) is 0 Å². The van der Waals surface area contributed by atoms with Crippen LogP contribution in [0.2, 0.25) is 0 Å². The SMILES string of the molecule is CC/C=C\C/C=C\C/C=C\C/C=C\C/C=C\C/C=C\C/C=C\CCCCCCCCCCCCCC(=O)NC(COC1OC(CO)C(OC2OC(CO)C(OC3OC(CO)C(O)C(O)C3O)C(O)C2O)C(O)C1O)C(O)/C=C/CC/C=C/CCCCCCCCCCCCCCCCC. The van der Waals surface area contributed by atoms with Gasteiger partial charge in [-0.25, -0.2) is 0 Å². The van der Waals surface area contributed by atoms with Gasteiger partial charge in [0.25, 0.3) is 0 Å². The number of carbonyl (C=O) groups is 1. The van der Waals surface area contributed by atoms with E-state index in [0.29, 0.717) is 12.8 Å². The maximum atomic E-state index is 13.5. The van der Waals surface area contributed by atoms with E-state index in [0.717, 1.165) is 96.3 Å². The first kappa shape index (κ1) is 89.7. The van der Waals surface area contributed by atoms with Gasteiger partial charge < -0.3 is 89.9 Å². The van der Waals surface area contributed by atoms with E-state index in [9.17, 15) is 61.0 Å². The summed E-state index contributed by atoms with van der Waals surface area (Å²) >= 11 is 0. The Morgan fingerprint density at radius 2 is 0.707 bits per heavy atom. The normalized spacial score (nSPS) is 27.2. The zero-order valence-corrected chi connectivity index (χ0v) is 60.7. The lowest BCUT2D eigenvalue weighted by atomic mass is 9.96. The van der Waals surface area contributed by atoms with Crippen LogP contribution >= 0.6 is 0 Å². The van der Waals surface area contributed by atoms with Gasteiger partial charge in [0, 0.05) is 6.42 Å². The number of ether oxygens (including phenoxy) is 6. The number of aliphatic hydroxyl groups excluding tert-OH is 11. The molecule has 0 aromatic heterocycles. The molecule has 99 heavy (non-hydrogen) atoms. The van der Waals surface area contributed by atoms with E-state index in [1.54, 1.807) is 6.08 Å². The second kappa shape index (κ2) is 59.8. The van der Waals surface area contributed by atoms with E-state index >= 15 is 0 Å². The summed E-state index contributed by atoms with van der Waals surface area (Å²) < 4.78 is 34.4. The zero-order chi connectivity index (χ0) is 71.8. The minimum Gasteiger partial charge on any atom is -0.394 e. The summed E-state index contributed by atoms with van der Waals surface area (Å²) in [5.41, 5.74) is 0. The summed E-state index contributed by atoms with van der Waals surface area (Å²) in [5.74, 6) is -0.291. The summed E-state index contributed by atoms with van der Waals surface area (Å²) in [7, 11) is 0. The number of rotatable bonds is 59. The van der Waals surface area contributed by atoms with Gasteiger partial charge in [0.2, 0.25) is 5.91 Å². The molecule has 0 saturated carbocycles. The third-order valence-electron chi connectivity index (χ3n) is 18.6. The van der Waals surface area contributed by atoms with Crippen LogP contribution in [0.3, 0.4) is 0 Å². The Morgan fingerprint density at radius 1 is 0.374 bits per heavy atom. The Bertz CT molecular complexity index is 2220. The number of carbonyl (C=O) groups excluding carboxylic acids is 1. The molecule has 12 N–H and O–H groups in total. The van der Waals surface area contributed by atoms with Crippen molar-refractivity contribution >= 4 is 5.91 Å². The lowest BCUT2D eigenvalue weighted by Gasteiger charge is -2.48. The number of nitrogens with one attached hydrogen (secondary N) is 1. The smallest absolute Gasteiger partial charge is 0.220 e. The Hall–Kier alpha value is -3.55. The first-order valence-corrected chi connectivity index (χ1v) is 38.6. The number of aliphatic hydroxyl groups is 11. The minimum atomic E-state index is -1.99. The summed E-state index contributed by atoms with van der Waals surface area (Å²) in [6.07, 6.45) is 54.9. The molecule has 0 spiro atoms. The summed E-state index contributed by atoms with van der Waals surface area (Å²) in [4.78, 5) is 13.5. The Morgan fingerprint density at radius 3 is 1.13 bits per heavy atom. The van der Waals surface area contributed by atoms with Gasteiger partial charge >= 0.3 is 0 Å². The van der Waals surface area contributed by atoms with E-state index in [2.05, 4.69) is 116 Å². The maximum absolute atomic E-state index is 13.5. The van der Waals surface area contributed by atoms with Crippen LogP contribution in [0.25, 0.3) is 0 Å². The maximum Gasteiger partial charge on any atom is 0.220 e. The molecule has 19 nitrogen and oxygen atoms in total. The lowest BCUT2D eigenvalue weighted by Crippen LogP contribution is -2.66. The molecule has 0 aromatic rings. The second-order valence-corrected chi connectivity index (χ2v) is 27.1. The van der Waals surface area contributed by atoms with Crippen molar-refractivity contribution in [2.75, 3.05) is 26.4 Å². The van der Waals surface area contributed by atoms with Crippen molar-refractivity contribution in [3.05, 3.63) is 109 Å². The first-order valence-electron chi connectivity index (χ1n) is 38.6. The largest absolute Gasteiger partial charge is 0.394 e. The van der Waals surface area contributed by atoms with E-state index in [1.807, 2.05) is 6.08 Å². The van der Waals surface area contributed by atoms with Gasteiger partial charge in [0.1, 0.15) is 73.2 Å². The molecule has 0 radical (unpaired) electrons. The Labute approximate surface area is 595 Å². The quantitative estimate of drug-likeness (QED) is 0.0199. The highest BCUT2D eigenvalue weighted by Crippen LogP contribution is 2.33. The number of allylic oxidation sites excluding steroid dienone is 17. The molecule has 3 aliphatic heterocycles. The molecule has 3 fully saturated rings. The van der Waals surface area contributed by atoms with E-state index < -0.39 is 124 Å². The fourth-order valence-corrected chi connectivity index (χ4v) is 12.4. The van der Waals surface area contributed by atoms with Crippen molar-refractivity contribution in [2.45, 2.75) is 362 Å². The zero-order valence-electron chi connectivity index (χ0n) is 60.7. The van der Waals surface area contributed by atoms with E-state index in [-0.39, 0.29) is 18.9 Å². The van der Waals surface area contributed by atoms with Gasteiger partial charge in [-0.05, 0) is 89.9 Å². The molecule has 0 aliphatic carbocycles. The van der Waals surface area contributed by atoms with Crippen LogP contribution < -0.4 is 5.32 Å². The molecular weight excluding hydrogens is 1260 g/mol. The van der Waals surface area contributed by atoms with Crippen molar-refractivity contribution in [1.29, 1.82) is 0 Å². The predicted molar refractivity (Wildman–Crippen MR) is 392 cm³/mol. The third kappa shape index (κ3) is 40.3. The molecule has 0 aromatic carbocycles. The minimum absolute atomic E-state index is 0.225. The molecule has 3 aliphatic rings. The summed E-state index contributed by atoms with van der Waals surface area (Å²) in [5, 5.41) is 121. The van der Waals surface area contributed by atoms with Crippen LogP contribution in [-0.2, 0) is 33.2 Å². The van der Waals surface area contributed by atoms with Gasteiger partial charge in [-0.2, -0.15) is 0 Å². The van der Waals surface area contributed by atoms with E-state index in [4.69, 9.17) is 28.4 Å². The average molecular weight is 1400 g/mol. The highest BCUT2D eigenvalue weighted by atomic mass is 16.8. The van der Waals surface area contributed by atoms with Crippen LogP contribution in [-0.4, -0.2) is 193 Å².